The molecule has 0 spiro atoms. The van der Waals surface area contributed by atoms with Crippen molar-refractivity contribution < 1.29 is 19.6 Å². The number of hydrazone groups is 1. The first-order valence-electron chi connectivity index (χ1n) is 6.88. The third-order valence-electron chi connectivity index (χ3n) is 3.24. The number of nitro benzene ring substituents is 1. The molecule has 0 bridgehead atoms. The van der Waals surface area contributed by atoms with Gasteiger partial charge in [-0.05, 0) is 42.8 Å². The number of nitro groups is 1. The third kappa shape index (κ3) is 3.86. The fraction of sp³-hybridized carbons (Fsp3) is 0.125. The second-order valence-electron chi connectivity index (χ2n) is 4.89. The van der Waals surface area contributed by atoms with Gasteiger partial charge in [-0.15, -0.1) is 0 Å². The Morgan fingerprint density at radius 1 is 1.33 bits per heavy atom. The van der Waals surface area contributed by atoms with E-state index in [0.717, 1.165) is 0 Å². The standard InChI is InChI=1S/C16H15N3O5/c1-10-7-12(4-5-13(10)19(22)23)16(21)18-17-9-11-3-6-15(24-2)14(20)8-11/h3-9,20H,1-2H3,(H,18,21)/b17-9+. The van der Waals surface area contributed by atoms with E-state index in [1.165, 1.54) is 37.6 Å². The summed E-state index contributed by atoms with van der Waals surface area (Å²) in [5.74, 6) is -0.210. The Bertz CT molecular complexity index is 817. The number of phenolic OH excluding ortho intramolecular Hbond substituents is 1. The molecule has 8 heteroatoms. The van der Waals surface area contributed by atoms with E-state index >= 15 is 0 Å². The van der Waals surface area contributed by atoms with Gasteiger partial charge in [0.2, 0.25) is 0 Å². The van der Waals surface area contributed by atoms with Crippen LogP contribution in [0, 0.1) is 17.0 Å². The molecule has 1 amide bonds. The van der Waals surface area contributed by atoms with Gasteiger partial charge >= 0.3 is 0 Å². The van der Waals surface area contributed by atoms with Gasteiger partial charge in [-0.25, -0.2) is 5.43 Å². The Hall–Kier alpha value is -3.42. The maximum absolute atomic E-state index is 12.0. The number of nitrogens with zero attached hydrogens (tertiary/aromatic N) is 2. The van der Waals surface area contributed by atoms with Gasteiger partial charge in [0.15, 0.2) is 11.5 Å². The van der Waals surface area contributed by atoms with E-state index < -0.39 is 10.8 Å². The second-order valence-corrected chi connectivity index (χ2v) is 4.89. The third-order valence-corrected chi connectivity index (χ3v) is 3.24. The van der Waals surface area contributed by atoms with Crippen molar-refractivity contribution in [2.75, 3.05) is 7.11 Å². The number of carbonyl (C=O) groups excluding carboxylic acids is 1. The molecule has 0 heterocycles. The number of benzene rings is 2. The summed E-state index contributed by atoms with van der Waals surface area (Å²) in [7, 11) is 1.44. The zero-order chi connectivity index (χ0) is 17.7. The Kier molecular flexibility index (Phi) is 5.10. The first-order chi connectivity index (χ1) is 11.4. The molecular formula is C16H15N3O5. The van der Waals surface area contributed by atoms with Crippen LogP contribution in [0.15, 0.2) is 41.5 Å². The predicted molar refractivity (Wildman–Crippen MR) is 87.6 cm³/mol. The SMILES string of the molecule is COc1ccc(/C=N/NC(=O)c2ccc([N+](=O)[O-])c(C)c2)cc1O. The Labute approximate surface area is 137 Å². The van der Waals surface area contributed by atoms with Gasteiger partial charge in [-0.1, -0.05) is 0 Å². The normalized spacial score (nSPS) is 10.6. The summed E-state index contributed by atoms with van der Waals surface area (Å²) in [5.41, 5.74) is 3.47. The summed E-state index contributed by atoms with van der Waals surface area (Å²) in [4.78, 5) is 22.2. The highest BCUT2D eigenvalue weighted by Crippen LogP contribution is 2.25. The molecule has 124 valence electrons. The summed E-state index contributed by atoms with van der Waals surface area (Å²) in [6, 6.07) is 8.71. The van der Waals surface area contributed by atoms with Gasteiger partial charge in [0, 0.05) is 17.2 Å². The fourth-order valence-corrected chi connectivity index (χ4v) is 2.02. The van der Waals surface area contributed by atoms with Crippen LogP contribution in [0.25, 0.3) is 0 Å². The summed E-state index contributed by atoms with van der Waals surface area (Å²) < 4.78 is 4.93. The van der Waals surface area contributed by atoms with Crippen LogP contribution >= 0.6 is 0 Å². The highest BCUT2D eigenvalue weighted by atomic mass is 16.6. The number of aromatic hydroxyl groups is 1. The van der Waals surface area contributed by atoms with E-state index in [1.807, 2.05) is 0 Å². The van der Waals surface area contributed by atoms with Gasteiger partial charge in [0.05, 0.1) is 18.2 Å². The molecule has 2 aromatic carbocycles. The molecule has 24 heavy (non-hydrogen) atoms. The van der Waals surface area contributed by atoms with E-state index in [9.17, 15) is 20.0 Å². The average molecular weight is 329 g/mol. The van der Waals surface area contributed by atoms with Crippen LogP contribution in [0.3, 0.4) is 0 Å². The van der Waals surface area contributed by atoms with Crippen LogP contribution in [0.2, 0.25) is 0 Å². The molecular weight excluding hydrogens is 314 g/mol. The second kappa shape index (κ2) is 7.23. The minimum atomic E-state index is -0.509. The first-order valence-corrected chi connectivity index (χ1v) is 6.88. The number of carbonyl (C=O) groups is 1. The number of aryl methyl sites for hydroxylation is 1. The topological polar surface area (TPSA) is 114 Å². The summed E-state index contributed by atoms with van der Waals surface area (Å²) in [5, 5.41) is 24.2. The molecule has 0 saturated carbocycles. The fourth-order valence-electron chi connectivity index (χ4n) is 2.02. The molecule has 0 saturated heterocycles. The molecule has 0 atom stereocenters. The quantitative estimate of drug-likeness (QED) is 0.496. The molecule has 2 rings (SSSR count). The van der Waals surface area contributed by atoms with E-state index in [0.29, 0.717) is 16.9 Å². The number of ether oxygens (including phenoxy) is 1. The smallest absolute Gasteiger partial charge is 0.272 e. The predicted octanol–water partition coefficient (Wildman–Crippen LogP) is 2.38. The van der Waals surface area contributed by atoms with Gasteiger partial charge in [-0.3, -0.25) is 14.9 Å². The summed E-state index contributed by atoms with van der Waals surface area (Å²) in [6.07, 6.45) is 1.36. The van der Waals surface area contributed by atoms with Crippen molar-refractivity contribution in [1.82, 2.24) is 5.43 Å². The lowest BCUT2D eigenvalue weighted by Crippen LogP contribution is -2.17. The van der Waals surface area contributed by atoms with Crippen LogP contribution in [-0.4, -0.2) is 29.3 Å². The van der Waals surface area contributed by atoms with Crippen molar-refractivity contribution in [2.24, 2.45) is 5.10 Å². The molecule has 0 aliphatic rings. The number of phenols is 1. The van der Waals surface area contributed by atoms with E-state index in [4.69, 9.17) is 4.74 Å². The molecule has 2 aromatic rings. The lowest BCUT2D eigenvalue weighted by molar-refractivity contribution is -0.385. The Balaban J connectivity index is 2.06. The Morgan fingerprint density at radius 3 is 2.67 bits per heavy atom. The van der Waals surface area contributed by atoms with Crippen molar-refractivity contribution in [2.45, 2.75) is 6.92 Å². The van der Waals surface area contributed by atoms with Crippen molar-refractivity contribution in [1.29, 1.82) is 0 Å². The van der Waals surface area contributed by atoms with Gasteiger partial charge in [0.25, 0.3) is 11.6 Å². The molecule has 8 nitrogen and oxygen atoms in total. The maximum Gasteiger partial charge on any atom is 0.272 e. The maximum atomic E-state index is 12.0. The molecule has 2 N–H and O–H groups in total. The van der Waals surface area contributed by atoms with Crippen molar-refractivity contribution >= 4 is 17.8 Å². The number of hydrogen-bond acceptors (Lipinski definition) is 6. The largest absolute Gasteiger partial charge is 0.504 e. The van der Waals surface area contributed by atoms with Crippen LogP contribution in [0.1, 0.15) is 21.5 Å². The Morgan fingerprint density at radius 2 is 2.08 bits per heavy atom. The van der Waals surface area contributed by atoms with E-state index in [-0.39, 0.29) is 17.0 Å². The minimum Gasteiger partial charge on any atom is -0.504 e. The monoisotopic (exact) mass is 329 g/mol. The lowest BCUT2D eigenvalue weighted by atomic mass is 10.1. The molecule has 0 aliphatic carbocycles. The van der Waals surface area contributed by atoms with Gasteiger partial charge in [0.1, 0.15) is 0 Å². The summed E-state index contributed by atoms with van der Waals surface area (Å²) >= 11 is 0. The number of amides is 1. The zero-order valence-electron chi connectivity index (χ0n) is 13.0. The first kappa shape index (κ1) is 16.9. The highest BCUT2D eigenvalue weighted by Gasteiger charge is 2.13. The average Bonchev–Trinajstić information content (AvgIpc) is 2.54. The van der Waals surface area contributed by atoms with E-state index in [2.05, 4.69) is 10.5 Å². The molecule has 0 aliphatic heterocycles. The van der Waals surface area contributed by atoms with Crippen molar-refractivity contribution in [3.05, 3.63) is 63.2 Å². The molecule has 0 radical (unpaired) electrons. The van der Waals surface area contributed by atoms with Crippen LogP contribution in [0.4, 0.5) is 5.69 Å². The molecule has 0 aromatic heterocycles. The highest BCUT2D eigenvalue weighted by molar-refractivity contribution is 5.95. The lowest BCUT2D eigenvalue weighted by Gasteiger charge is -2.04. The number of rotatable bonds is 5. The van der Waals surface area contributed by atoms with Crippen LogP contribution in [0.5, 0.6) is 11.5 Å². The molecule has 0 unspecified atom stereocenters. The van der Waals surface area contributed by atoms with Crippen LogP contribution in [-0.2, 0) is 0 Å². The molecule has 0 fully saturated rings. The minimum absolute atomic E-state index is 0.0428. The van der Waals surface area contributed by atoms with Gasteiger partial charge in [-0.2, -0.15) is 5.10 Å². The number of methoxy groups -OCH3 is 1. The zero-order valence-corrected chi connectivity index (χ0v) is 13.0. The summed E-state index contributed by atoms with van der Waals surface area (Å²) in [6.45, 7) is 1.55. The number of hydrogen-bond donors (Lipinski definition) is 2. The van der Waals surface area contributed by atoms with Crippen molar-refractivity contribution in [3.8, 4) is 11.5 Å². The number of nitrogens with one attached hydrogen (secondary N) is 1. The van der Waals surface area contributed by atoms with Crippen molar-refractivity contribution in [3.63, 3.8) is 0 Å². The van der Waals surface area contributed by atoms with Crippen LogP contribution < -0.4 is 10.2 Å². The van der Waals surface area contributed by atoms with Gasteiger partial charge < -0.3 is 9.84 Å². The van der Waals surface area contributed by atoms with E-state index in [1.54, 1.807) is 19.1 Å².